The first kappa shape index (κ1) is 21.0. The van der Waals surface area contributed by atoms with Gasteiger partial charge in [0.15, 0.2) is 0 Å². The van der Waals surface area contributed by atoms with E-state index < -0.39 is 17.6 Å². The van der Waals surface area contributed by atoms with E-state index in [1.54, 1.807) is 31.4 Å². The Hall–Kier alpha value is -3.76. The number of nitrogens with one attached hydrogen (secondary N) is 2. The van der Waals surface area contributed by atoms with Gasteiger partial charge in [0.25, 0.3) is 5.88 Å². The number of pyridine rings is 1. The molecule has 3 aromatic rings. The number of hydrogen-bond donors (Lipinski definition) is 3. The van der Waals surface area contributed by atoms with Crippen molar-refractivity contribution >= 4 is 23.1 Å². The second kappa shape index (κ2) is 8.31. The molecule has 0 saturated carbocycles. The molecule has 0 saturated heterocycles. The number of aromatic nitrogens is 3. The standard InChI is InChI=1S/C19H19F3N6O2/c1-28-10-15(18(27-28)30-2)26-16-7-14(13(9-25-16)19(20,21)22)24-8-11-5-3-4-6-12(11)17(23)29/h3-7,9-10H,8H2,1-2H3,(H2,23,29)(H2,24,25,26). The van der Waals surface area contributed by atoms with Crippen LogP contribution in [0.5, 0.6) is 5.88 Å². The van der Waals surface area contributed by atoms with Gasteiger partial charge in [-0.25, -0.2) is 4.98 Å². The lowest BCUT2D eigenvalue weighted by molar-refractivity contribution is -0.137. The smallest absolute Gasteiger partial charge is 0.419 e. The SMILES string of the molecule is COc1nn(C)cc1Nc1cc(NCc2ccccc2C(N)=O)c(C(F)(F)F)cn1. The van der Waals surface area contributed by atoms with Gasteiger partial charge in [0.05, 0.1) is 24.6 Å². The van der Waals surface area contributed by atoms with Crippen molar-refractivity contribution in [1.82, 2.24) is 14.8 Å². The van der Waals surface area contributed by atoms with E-state index in [1.165, 1.54) is 23.9 Å². The summed E-state index contributed by atoms with van der Waals surface area (Å²) in [5.41, 5.74) is 5.33. The van der Waals surface area contributed by atoms with Crippen LogP contribution in [-0.4, -0.2) is 27.8 Å². The quantitative estimate of drug-likeness (QED) is 0.542. The maximum atomic E-state index is 13.5. The first-order chi connectivity index (χ1) is 14.2. The molecular formula is C19H19F3N6O2. The fraction of sp³-hybridized carbons (Fsp3) is 0.211. The Morgan fingerprint density at radius 3 is 2.67 bits per heavy atom. The molecule has 0 bridgehead atoms. The molecule has 0 fully saturated rings. The molecule has 0 aliphatic carbocycles. The molecular weight excluding hydrogens is 401 g/mol. The maximum absolute atomic E-state index is 13.5. The summed E-state index contributed by atoms with van der Waals surface area (Å²) in [7, 11) is 3.11. The molecule has 2 aromatic heterocycles. The molecule has 0 aliphatic rings. The Bertz CT molecular complexity index is 1060. The first-order valence-corrected chi connectivity index (χ1v) is 8.72. The number of aryl methyl sites for hydroxylation is 1. The highest BCUT2D eigenvalue weighted by atomic mass is 19.4. The second-order valence-electron chi connectivity index (χ2n) is 6.34. The van der Waals surface area contributed by atoms with Gasteiger partial charge in [-0.15, -0.1) is 5.10 Å². The monoisotopic (exact) mass is 420 g/mol. The van der Waals surface area contributed by atoms with Crippen molar-refractivity contribution in [3.05, 3.63) is 59.4 Å². The number of alkyl halides is 3. The molecule has 0 radical (unpaired) electrons. The molecule has 0 aliphatic heterocycles. The average molecular weight is 420 g/mol. The van der Waals surface area contributed by atoms with Crippen LogP contribution in [0.2, 0.25) is 0 Å². The van der Waals surface area contributed by atoms with E-state index in [-0.39, 0.29) is 29.5 Å². The number of ether oxygens (including phenoxy) is 1. The summed E-state index contributed by atoms with van der Waals surface area (Å²) in [6.07, 6.45) is -2.29. The zero-order valence-electron chi connectivity index (χ0n) is 16.1. The third-order valence-corrected chi connectivity index (χ3v) is 4.21. The van der Waals surface area contributed by atoms with Gasteiger partial charge in [-0.05, 0) is 11.6 Å². The van der Waals surface area contributed by atoms with E-state index in [2.05, 4.69) is 20.7 Å². The molecule has 158 valence electrons. The van der Waals surface area contributed by atoms with Gasteiger partial charge in [0.2, 0.25) is 5.91 Å². The van der Waals surface area contributed by atoms with Crippen LogP contribution >= 0.6 is 0 Å². The predicted molar refractivity (Wildman–Crippen MR) is 105 cm³/mol. The van der Waals surface area contributed by atoms with Crippen LogP contribution in [0.25, 0.3) is 0 Å². The number of hydrogen-bond acceptors (Lipinski definition) is 6. The number of methoxy groups -OCH3 is 1. The number of amides is 1. The van der Waals surface area contributed by atoms with E-state index in [9.17, 15) is 18.0 Å². The number of primary amides is 1. The molecule has 3 rings (SSSR count). The summed E-state index contributed by atoms with van der Waals surface area (Å²) in [5.74, 6) is -0.242. The average Bonchev–Trinajstić information content (AvgIpc) is 3.05. The lowest BCUT2D eigenvalue weighted by Crippen LogP contribution is -2.16. The number of benzene rings is 1. The zero-order chi connectivity index (χ0) is 21.9. The van der Waals surface area contributed by atoms with Gasteiger partial charge < -0.3 is 21.1 Å². The summed E-state index contributed by atoms with van der Waals surface area (Å²) < 4.78 is 47.0. The van der Waals surface area contributed by atoms with Crippen LogP contribution in [0.1, 0.15) is 21.5 Å². The predicted octanol–water partition coefficient (Wildman–Crippen LogP) is 3.30. The Morgan fingerprint density at radius 2 is 2.00 bits per heavy atom. The lowest BCUT2D eigenvalue weighted by atomic mass is 10.1. The fourth-order valence-electron chi connectivity index (χ4n) is 2.84. The number of rotatable bonds is 7. The molecule has 11 heteroatoms. The number of nitrogens with zero attached hydrogens (tertiary/aromatic N) is 3. The largest absolute Gasteiger partial charge is 0.478 e. The third-order valence-electron chi connectivity index (χ3n) is 4.21. The highest BCUT2D eigenvalue weighted by Crippen LogP contribution is 2.36. The molecule has 30 heavy (non-hydrogen) atoms. The molecule has 4 N–H and O–H groups in total. The van der Waals surface area contributed by atoms with Crippen molar-refractivity contribution in [2.45, 2.75) is 12.7 Å². The van der Waals surface area contributed by atoms with Crippen LogP contribution < -0.4 is 21.1 Å². The Morgan fingerprint density at radius 1 is 1.27 bits per heavy atom. The molecule has 8 nitrogen and oxygen atoms in total. The van der Waals surface area contributed by atoms with E-state index in [4.69, 9.17) is 10.5 Å². The minimum absolute atomic E-state index is 0.0398. The summed E-state index contributed by atoms with van der Waals surface area (Å²) >= 11 is 0. The normalized spacial score (nSPS) is 11.2. The molecule has 0 unspecified atom stereocenters. The highest BCUT2D eigenvalue weighted by Gasteiger charge is 2.34. The van der Waals surface area contributed by atoms with Crippen LogP contribution in [0, 0.1) is 0 Å². The highest BCUT2D eigenvalue weighted by molar-refractivity contribution is 5.94. The fourth-order valence-corrected chi connectivity index (χ4v) is 2.84. The van der Waals surface area contributed by atoms with E-state index in [1.807, 2.05) is 0 Å². The van der Waals surface area contributed by atoms with Crippen LogP contribution in [-0.2, 0) is 19.8 Å². The second-order valence-corrected chi connectivity index (χ2v) is 6.34. The Kier molecular flexibility index (Phi) is 5.81. The Labute approximate surface area is 169 Å². The number of nitrogens with two attached hydrogens (primary N) is 1. The Balaban J connectivity index is 1.91. The third kappa shape index (κ3) is 4.62. The van der Waals surface area contributed by atoms with Crippen molar-refractivity contribution < 1.29 is 22.7 Å². The van der Waals surface area contributed by atoms with Gasteiger partial charge in [-0.1, -0.05) is 18.2 Å². The van der Waals surface area contributed by atoms with E-state index in [0.717, 1.165) is 6.20 Å². The number of anilines is 3. The van der Waals surface area contributed by atoms with Crippen LogP contribution in [0.4, 0.5) is 30.4 Å². The summed E-state index contributed by atoms with van der Waals surface area (Å²) in [6.45, 7) is -0.0398. The van der Waals surface area contributed by atoms with Crippen molar-refractivity contribution in [1.29, 1.82) is 0 Å². The first-order valence-electron chi connectivity index (χ1n) is 8.72. The minimum Gasteiger partial charge on any atom is -0.478 e. The topological polar surface area (TPSA) is 107 Å². The minimum atomic E-state index is -4.62. The van der Waals surface area contributed by atoms with Gasteiger partial charge in [-0.3, -0.25) is 9.48 Å². The van der Waals surface area contributed by atoms with Crippen molar-refractivity contribution in [3.8, 4) is 5.88 Å². The molecule has 1 aromatic carbocycles. The lowest BCUT2D eigenvalue weighted by Gasteiger charge is -2.16. The summed E-state index contributed by atoms with van der Waals surface area (Å²) in [5, 5.41) is 9.69. The zero-order valence-corrected chi connectivity index (χ0v) is 16.1. The number of carbonyl (C=O) groups excluding carboxylic acids is 1. The summed E-state index contributed by atoms with van der Waals surface area (Å²) in [4.78, 5) is 15.4. The summed E-state index contributed by atoms with van der Waals surface area (Å²) in [6, 6.07) is 7.64. The maximum Gasteiger partial charge on any atom is 0.419 e. The van der Waals surface area contributed by atoms with Crippen molar-refractivity contribution in [3.63, 3.8) is 0 Å². The van der Waals surface area contributed by atoms with Crippen molar-refractivity contribution in [2.75, 3.05) is 17.7 Å². The number of halogens is 3. The van der Waals surface area contributed by atoms with Gasteiger partial charge in [0, 0.05) is 31.4 Å². The van der Waals surface area contributed by atoms with Crippen molar-refractivity contribution in [2.24, 2.45) is 12.8 Å². The molecule has 1 amide bonds. The number of carbonyl (C=O) groups is 1. The molecule has 0 atom stereocenters. The van der Waals surface area contributed by atoms with Gasteiger partial charge in [-0.2, -0.15) is 13.2 Å². The van der Waals surface area contributed by atoms with Gasteiger partial charge >= 0.3 is 6.18 Å². The van der Waals surface area contributed by atoms with Crippen LogP contribution in [0.3, 0.4) is 0 Å². The van der Waals surface area contributed by atoms with E-state index >= 15 is 0 Å². The van der Waals surface area contributed by atoms with E-state index in [0.29, 0.717) is 11.3 Å². The van der Waals surface area contributed by atoms with Gasteiger partial charge in [0.1, 0.15) is 11.5 Å². The molecule has 0 spiro atoms. The van der Waals surface area contributed by atoms with Crippen LogP contribution in [0.15, 0.2) is 42.7 Å². The molecule has 2 heterocycles.